The van der Waals surface area contributed by atoms with Gasteiger partial charge in [-0.3, -0.25) is 9.59 Å². The maximum Gasteiger partial charge on any atom is 0.391 e. The molecule has 8 nitrogen and oxygen atoms in total. The van der Waals surface area contributed by atoms with Gasteiger partial charge in [0.1, 0.15) is 17.1 Å². The first-order valence-electron chi connectivity index (χ1n) is 12.5. The molecule has 5 rings (SSSR count). The Morgan fingerprint density at radius 1 is 0.778 bits per heavy atom. The van der Waals surface area contributed by atoms with Crippen LogP contribution in [0.2, 0.25) is 0 Å². The van der Waals surface area contributed by atoms with Crippen molar-refractivity contribution < 1.29 is 23.9 Å². The van der Waals surface area contributed by atoms with E-state index in [0.29, 0.717) is 22.8 Å². The maximum absolute atomic E-state index is 12.4. The van der Waals surface area contributed by atoms with Crippen molar-refractivity contribution in [2.45, 2.75) is 59.3 Å². The molecule has 3 heterocycles. The first-order chi connectivity index (χ1) is 16.7. The van der Waals surface area contributed by atoms with Gasteiger partial charge in [-0.05, 0) is 34.9 Å². The molecular formula is C27H38N3O5P. The number of hydrogen-bond donors (Lipinski definition) is 2. The highest BCUT2D eigenvalue weighted by Gasteiger charge is 2.43. The van der Waals surface area contributed by atoms with Crippen LogP contribution in [0, 0.1) is 6.92 Å². The Balaban J connectivity index is 0.000000169. The highest BCUT2D eigenvalue weighted by molar-refractivity contribution is 7.39. The van der Waals surface area contributed by atoms with Gasteiger partial charge in [0.15, 0.2) is 0 Å². The fourth-order valence-corrected chi connectivity index (χ4v) is 4.84. The summed E-state index contributed by atoms with van der Waals surface area (Å²) in [5.41, 5.74) is 5.17. The number of rotatable bonds is 5. The van der Waals surface area contributed by atoms with Crippen LogP contribution in [0.25, 0.3) is 0 Å². The van der Waals surface area contributed by atoms with E-state index in [1.54, 1.807) is 0 Å². The second-order valence-electron chi connectivity index (χ2n) is 11.9. The number of hydrogen-bond acceptors (Lipinski definition) is 8. The minimum Gasteiger partial charge on any atom is -0.427 e. The number of carbonyl (C=O) groups is 2. The van der Waals surface area contributed by atoms with E-state index in [9.17, 15) is 9.59 Å². The van der Waals surface area contributed by atoms with E-state index in [-0.39, 0.29) is 22.4 Å². The molecule has 0 saturated carbocycles. The first-order valence-corrected chi connectivity index (χ1v) is 13.7. The first kappa shape index (κ1) is 26.6. The average molecular weight is 516 g/mol. The molecule has 1 aromatic carbocycles. The van der Waals surface area contributed by atoms with Crippen molar-refractivity contribution in [3.05, 3.63) is 52.0 Å². The van der Waals surface area contributed by atoms with Gasteiger partial charge in [-0.1, -0.05) is 47.6 Å². The fraction of sp³-hybridized carbons (Fsp3) is 0.556. The monoisotopic (exact) mass is 515 g/mol. The molecular weight excluding hydrogens is 477 g/mol. The number of Topliss-reactive ketones (excluding diaryl/α,β-unsaturated/α-hetero) is 1. The lowest BCUT2D eigenvalue weighted by molar-refractivity contribution is -0.117. The van der Waals surface area contributed by atoms with E-state index < -0.39 is 8.60 Å². The molecule has 3 aliphatic heterocycles. The molecule has 0 amide bonds. The van der Waals surface area contributed by atoms with E-state index in [0.717, 1.165) is 50.4 Å². The van der Waals surface area contributed by atoms with E-state index in [1.165, 1.54) is 11.6 Å². The number of benzene rings is 1. The highest BCUT2D eigenvalue weighted by atomic mass is 31.2. The molecule has 0 bridgehead atoms. The molecule has 3 saturated heterocycles. The van der Waals surface area contributed by atoms with Crippen molar-refractivity contribution in [3.63, 3.8) is 0 Å². The van der Waals surface area contributed by atoms with Crippen LogP contribution in [0.3, 0.4) is 0 Å². The molecule has 36 heavy (non-hydrogen) atoms. The van der Waals surface area contributed by atoms with Crippen molar-refractivity contribution >= 4 is 20.2 Å². The quantitative estimate of drug-likeness (QED) is 0.351. The number of nitrogens with zero attached hydrogens (tertiary/aromatic N) is 3. The van der Waals surface area contributed by atoms with Crippen LogP contribution in [0.4, 0.5) is 0 Å². The van der Waals surface area contributed by atoms with Crippen molar-refractivity contribution in [3.8, 4) is 5.75 Å². The third kappa shape index (κ3) is 5.93. The smallest absolute Gasteiger partial charge is 0.391 e. The summed E-state index contributed by atoms with van der Waals surface area (Å²) in [6.07, 6.45) is 1.52. The van der Waals surface area contributed by atoms with Crippen LogP contribution in [0.15, 0.2) is 35.3 Å². The predicted molar refractivity (Wildman–Crippen MR) is 140 cm³/mol. The Morgan fingerprint density at radius 3 is 1.72 bits per heavy atom. The predicted octanol–water partition coefficient (Wildman–Crippen LogP) is 3.36. The van der Waals surface area contributed by atoms with E-state index in [1.807, 2.05) is 27.7 Å². The second-order valence-corrected chi connectivity index (χ2v) is 12.6. The Bertz CT molecular complexity index is 1130. The van der Waals surface area contributed by atoms with Gasteiger partial charge in [0.05, 0.1) is 5.70 Å². The van der Waals surface area contributed by atoms with Crippen LogP contribution in [-0.2, 0) is 20.4 Å². The summed E-state index contributed by atoms with van der Waals surface area (Å²) >= 11 is 0. The number of carbonyl (C=O) groups excluding carboxylic acids is 2. The topological polar surface area (TPSA) is 92.9 Å². The molecule has 3 fully saturated rings. The molecule has 0 atom stereocenters. The molecule has 0 spiro atoms. The summed E-state index contributed by atoms with van der Waals surface area (Å²) < 4.78 is 5.20. The third-order valence-corrected chi connectivity index (χ3v) is 6.97. The van der Waals surface area contributed by atoms with E-state index in [4.69, 9.17) is 14.3 Å². The van der Waals surface area contributed by atoms with Gasteiger partial charge in [0.25, 0.3) is 0 Å². The summed E-state index contributed by atoms with van der Waals surface area (Å²) in [7, 11) is -2.39. The molecule has 1 aromatic rings. The van der Waals surface area contributed by atoms with Gasteiger partial charge >= 0.3 is 8.60 Å². The Morgan fingerprint density at radius 2 is 1.28 bits per heavy atom. The lowest BCUT2D eigenvalue weighted by Gasteiger charge is -2.28. The fourth-order valence-electron chi connectivity index (χ4n) is 4.51. The number of allylic oxidation sites excluding steroid dienone is 1. The summed E-state index contributed by atoms with van der Waals surface area (Å²) in [5.74, 6) is 0.613. The largest absolute Gasteiger partial charge is 0.427 e. The van der Waals surface area contributed by atoms with Gasteiger partial charge in [-0.2, -0.15) is 0 Å². The van der Waals surface area contributed by atoms with Crippen LogP contribution >= 0.6 is 8.60 Å². The molecule has 9 heteroatoms. The van der Waals surface area contributed by atoms with Crippen molar-refractivity contribution in [1.82, 2.24) is 14.7 Å². The molecule has 0 unspecified atom stereocenters. The average Bonchev–Trinajstić information content (AvgIpc) is 3.59. The lowest BCUT2D eigenvalue weighted by Crippen LogP contribution is -2.29. The van der Waals surface area contributed by atoms with Gasteiger partial charge in [-0.25, -0.2) is 0 Å². The minimum atomic E-state index is -2.39. The Kier molecular flexibility index (Phi) is 7.01. The summed E-state index contributed by atoms with van der Waals surface area (Å²) in [4.78, 5) is 48.7. The minimum absolute atomic E-state index is 0.00546. The number of aryl methyl sites for hydroxylation is 1. The molecule has 0 aromatic heterocycles. The molecule has 1 aliphatic carbocycles. The van der Waals surface area contributed by atoms with Crippen molar-refractivity contribution in [2.75, 3.05) is 39.3 Å². The molecule has 196 valence electrons. The maximum atomic E-state index is 12.4. The van der Waals surface area contributed by atoms with Gasteiger partial charge in [0, 0.05) is 50.9 Å². The zero-order valence-electron chi connectivity index (χ0n) is 22.4. The van der Waals surface area contributed by atoms with E-state index in [2.05, 4.69) is 47.6 Å². The SMILES string of the molecule is Cc1cc(OP(O)O)c(C(C)(C)C)cc1C(C)(C)C.O=C1C=C(N2CC2)C(=O)C(N2CC2)=C1N1CC1. The Hall–Kier alpha value is -2.41. The zero-order valence-corrected chi connectivity index (χ0v) is 23.3. The standard InChI is InChI=1S/C15H25O3P.C12H13N3O2/c1-10-8-13(18-19(16)17)12(15(5,6)7)9-11(10)14(2,3)4;16-9-7-8(13-1-2-13)12(17)11(15-5-6-15)10(9)14-3-4-14/h8-9,16-17H,1-7H3;7H,1-6H2. The number of ketones is 2. The normalized spacial score (nSPS) is 19.4. The van der Waals surface area contributed by atoms with Crippen molar-refractivity contribution in [2.24, 2.45) is 0 Å². The molecule has 2 N–H and O–H groups in total. The van der Waals surface area contributed by atoms with Crippen LogP contribution in [0.5, 0.6) is 5.75 Å². The summed E-state index contributed by atoms with van der Waals surface area (Å²) in [5, 5.41) is 0. The molecule has 4 aliphatic rings. The summed E-state index contributed by atoms with van der Waals surface area (Å²) in [6.45, 7) is 20.2. The van der Waals surface area contributed by atoms with Gasteiger partial charge < -0.3 is 29.0 Å². The zero-order chi connectivity index (χ0) is 26.6. The van der Waals surface area contributed by atoms with Gasteiger partial charge in [0.2, 0.25) is 11.6 Å². The van der Waals surface area contributed by atoms with Crippen LogP contribution in [-0.4, -0.2) is 75.3 Å². The van der Waals surface area contributed by atoms with Crippen LogP contribution < -0.4 is 4.52 Å². The van der Waals surface area contributed by atoms with Crippen LogP contribution in [0.1, 0.15) is 58.2 Å². The van der Waals surface area contributed by atoms with Gasteiger partial charge in [-0.15, -0.1) is 0 Å². The lowest BCUT2D eigenvalue weighted by atomic mass is 9.78. The van der Waals surface area contributed by atoms with Crippen molar-refractivity contribution in [1.29, 1.82) is 0 Å². The molecule has 0 radical (unpaired) electrons. The third-order valence-electron chi connectivity index (χ3n) is 6.61. The second kappa shape index (κ2) is 9.47. The Labute approximate surface area is 215 Å². The summed E-state index contributed by atoms with van der Waals surface area (Å²) in [6, 6.07) is 4.03. The van der Waals surface area contributed by atoms with E-state index >= 15 is 0 Å². The highest BCUT2D eigenvalue weighted by Crippen LogP contribution is 2.41.